The van der Waals surface area contributed by atoms with E-state index in [0.29, 0.717) is 6.42 Å². The lowest BCUT2D eigenvalue weighted by molar-refractivity contribution is -0.153. The predicted octanol–water partition coefficient (Wildman–Crippen LogP) is 3.21. The fourth-order valence-electron chi connectivity index (χ4n) is 1.37. The van der Waals surface area contributed by atoms with Gasteiger partial charge in [0, 0.05) is 0 Å². The maximum atomic E-state index is 11.6. The molecule has 1 rings (SSSR count). The van der Waals surface area contributed by atoms with Crippen LogP contribution in [0.2, 0.25) is 0 Å². The summed E-state index contributed by atoms with van der Waals surface area (Å²) in [6, 6.07) is 7.72. The lowest BCUT2D eigenvalue weighted by Gasteiger charge is -2.19. The number of hydrogen-bond acceptors (Lipinski definition) is 2. The van der Waals surface area contributed by atoms with Crippen LogP contribution in [0, 0.1) is 0 Å². The molecule has 1 aromatic rings. The van der Waals surface area contributed by atoms with Crippen LogP contribution in [-0.2, 0) is 16.0 Å². The van der Waals surface area contributed by atoms with Crippen molar-refractivity contribution in [2.24, 2.45) is 0 Å². The minimum Gasteiger partial charge on any atom is -0.460 e. The van der Waals surface area contributed by atoms with E-state index in [-0.39, 0.29) is 5.97 Å². The Morgan fingerprint density at radius 2 is 2.12 bits per heavy atom. The van der Waals surface area contributed by atoms with Gasteiger partial charge in [-0.1, -0.05) is 36.9 Å². The van der Waals surface area contributed by atoms with Gasteiger partial charge < -0.3 is 4.74 Å². The Balaban J connectivity index is 2.66. The lowest BCUT2D eigenvalue weighted by atomic mass is 10.1. The molecule has 0 aliphatic carbocycles. The molecule has 0 amide bonds. The van der Waals surface area contributed by atoms with E-state index in [1.807, 2.05) is 45.0 Å². The average Bonchev–Trinajstić information content (AvgIpc) is 2.15. The van der Waals surface area contributed by atoms with Gasteiger partial charge in [0.05, 0.1) is 6.42 Å². The van der Waals surface area contributed by atoms with Gasteiger partial charge in [-0.15, -0.1) is 0 Å². The van der Waals surface area contributed by atoms with E-state index >= 15 is 0 Å². The number of carbonyl (C=O) groups is 1. The molecule has 0 saturated carbocycles. The molecule has 0 radical (unpaired) electrons. The molecule has 0 saturated heterocycles. The monoisotopic (exact) mass is 218 g/mol. The van der Waals surface area contributed by atoms with Crippen molar-refractivity contribution in [2.45, 2.75) is 32.8 Å². The van der Waals surface area contributed by atoms with Crippen LogP contribution in [0.25, 0.3) is 6.08 Å². The van der Waals surface area contributed by atoms with Crippen LogP contribution in [0.3, 0.4) is 0 Å². The molecular weight excluding hydrogens is 200 g/mol. The van der Waals surface area contributed by atoms with Crippen molar-refractivity contribution in [1.82, 2.24) is 0 Å². The van der Waals surface area contributed by atoms with Crippen LogP contribution in [-0.4, -0.2) is 11.6 Å². The summed E-state index contributed by atoms with van der Waals surface area (Å²) in [6.45, 7) is 9.29. The van der Waals surface area contributed by atoms with E-state index in [4.69, 9.17) is 4.74 Å². The number of esters is 1. The topological polar surface area (TPSA) is 26.3 Å². The van der Waals surface area contributed by atoms with E-state index in [1.54, 1.807) is 6.08 Å². The molecule has 1 aromatic carbocycles. The summed E-state index contributed by atoms with van der Waals surface area (Å²) in [7, 11) is 0. The highest BCUT2D eigenvalue weighted by atomic mass is 16.6. The van der Waals surface area contributed by atoms with Crippen molar-refractivity contribution in [2.75, 3.05) is 0 Å². The Morgan fingerprint density at radius 1 is 1.44 bits per heavy atom. The van der Waals surface area contributed by atoms with Gasteiger partial charge in [0.1, 0.15) is 5.60 Å². The molecule has 2 nitrogen and oxygen atoms in total. The number of benzene rings is 1. The highest BCUT2D eigenvalue weighted by Crippen LogP contribution is 2.11. The van der Waals surface area contributed by atoms with E-state index in [1.165, 1.54) is 0 Å². The zero-order valence-corrected chi connectivity index (χ0v) is 10.1. The Morgan fingerprint density at radius 3 is 2.69 bits per heavy atom. The molecule has 0 N–H and O–H groups in total. The smallest absolute Gasteiger partial charge is 0.310 e. The zero-order valence-electron chi connectivity index (χ0n) is 10.1. The average molecular weight is 218 g/mol. The van der Waals surface area contributed by atoms with E-state index in [0.717, 1.165) is 11.1 Å². The van der Waals surface area contributed by atoms with Crippen molar-refractivity contribution in [3.05, 3.63) is 42.0 Å². The standard InChI is InChI=1S/C14H18O2/c1-5-11-7-6-8-12(9-11)10-13(15)16-14(2,3)4/h5-9H,1,10H2,2-4H3. The molecule has 2 heteroatoms. The molecular formula is C14H18O2. The molecule has 0 fully saturated rings. The van der Waals surface area contributed by atoms with Gasteiger partial charge in [-0.05, 0) is 31.9 Å². The van der Waals surface area contributed by atoms with Crippen LogP contribution in [0.15, 0.2) is 30.8 Å². The number of ether oxygens (including phenoxy) is 1. The first kappa shape index (κ1) is 12.5. The van der Waals surface area contributed by atoms with Crippen LogP contribution >= 0.6 is 0 Å². The van der Waals surface area contributed by atoms with Gasteiger partial charge >= 0.3 is 5.97 Å². The lowest BCUT2D eigenvalue weighted by Crippen LogP contribution is -2.24. The molecule has 86 valence electrons. The minimum absolute atomic E-state index is 0.200. The Kier molecular flexibility index (Phi) is 3.88. The number of carbonyl (C=O) groups excluding carboxylic acids is 1. The number of hydrogen-bond donors (Lipinski definition) is 0. The van der Waals surface area contributed by atoms with E-state index in [2.05, 4.69) is 6.58 Å². The van der Waals surface area contributed by atoms with E-state index < -0.39 is 5.60 Å². The third-order valence-corrected chi connectivity index (χ3v) is 1.96. The second kappa shape index (κ2) is 4.97. The highest BCUT2D eigenvalue weighted by molar-refractivity contribution is 5.73. The molecule has 0 aromatic heterocycles. The number of rotatable bonds is 3. The van der Waals surface area contributed by atoms with Crippen LogP contribution in [0.5, 0.6) is 0 Å². The third kappa shape index (κ3) is 4.30. The Labute approximate surface area is 96.9 Å². The maximum absolute atomic E-state index is 11.6. The van der Waals surface area contributed by atoms with Crippen molar-refractivity contribution >= 4 is 12.0 Å². The summed E-state index contributed by atoms with van der Waals surface area (Å²) in [5.74, 6) is -0.200. The van der Waals surface area contributed by atoms with Gasteiger partial charge in [-0.3, -0.25) is 4.79 Å². The maximum Gasteiger partial charge on any atom is 0.310 e. The van der Waals surface area contributed by atoms with Crippen LogP contribution in [0.1, 0.15) is 31.9 Å². The summed E-state index contributed by atoms with van der Waals surface area (Å²) in [5, 5.41) is 0. The van der Waals surface area contributed by atoms with Crippen molar-refractivity contribution < 1.29 is 9.53 Å². The largest absolute Gasteiger partial charge is 0.460 e. The van der Waals surface area contributed by atoms with Gasteiger partial charge in [0.2, 0.25) is 0 Å². The fraction of sp³-hybridized carbons (Fsp3) is 0.357. The zero-order chi connectivity index (χ0) is 12.2. The van der Waals surface area contributed by atoms with Gasteiger partial charge in [-0.25, -0.2) is 0 Å². The normalized spacial score (nSPS) is 10.9. The molecule has 0 aliphatic rings. The molecule has 0 unspecified atom stereocenters. The summed E-state index contributed by atoms with van der Waals surface area (Å²) in [6.07, 6.45) is 2.07. The summed E-state index contributed by atoms with van der Waals surface area (Å²) in [5.41, 5.74) is 1.54. The Bertz CT molecular complexity index is 386. The minimum atomic E-state index is -0.423. The van der Waals surface area contributed by atoms with Crippen molar-refractivity contribution in [1.29, 1.82) is 0 Å². The molecule has 0 aliphatic heterocycles. The first-order valence-corrected chi connectivity index (χ1v) is 5.34. The SMILES string of the molecule is C=Cc1cccc(CC(=O)OC(C)(C)C)c1. The van der Waals surface area contributed by atoms with Gasteiger partial charge in [0.15, 0.2) is 0 Å². The van der Waals surface area contributed by atoms with Gasteiger partial charge in [-0.2, -0.15) is 0 Å². The van der Waals surface area contributed by atoms with Crippen molar-refractivity contribution in [3.8, 4) is 0 Å². The Hall–Kier alpha value is -1.57. The fourth-order valence-corrected chi connectivity index (χ4v) is 1.37. The highest BCUT2D eigenvalue weighted by Gasteiger charge is 2.16. The first-order chi connectivity index (χ1) is 7.40. The van der Waals surface area contributed by atoms with Crippen molar-refractivity contribution in [3.63, 3.8) is 0 Å². The van der Waals surface area contributed by atoms with Crippen LogP contribution in [0.4, 0.5) is 0 Å². The molecule has 16 heavy (non-hydrogen) atoms. The molecule has 0 heterocycles. The molecule has 0 atom stereocenters. The molecule has 0 bridgehead atoms. The second-order valence-corrected chi connectivity index (χ2v) is 4.71. The predicted molar refractivity (Wildman–Crippen MR) is 66.1 cm³/mol. The summed E-state index contributed by atoms with van der Waals surface area (Å²) in [4.78, 5) is 11.6. The summed E-state index contributed by atoms with van der Waals surface area (Å²) >= 11 is 0. The second-order valence-electron chi connectivity index (χ2n) is 4.71. The summed E-state index contributed by atoms with van der Waals surface area (Å²) < 4.78 is 5.25. The van der Waals surface area contributed by atoms with Crippen LogP contribution < -0.4 is 0 Å². The van der Waals surface area contributed by atoms with Gasteiger partial charge in [0.25, 0.3) is 0 Å². The first-order valence-electron chi connectivity index (χ1n) is 5.34. The third-order valence-electron chi connectivity index (χ3n) is 1.96. The quantitative estimate of drug-likeness (QED) is 0.728. The molecule has 0 spiro atoms. The van der Waals surface area contributed by atoms with E-state index in [9.17, 15) is 4.79 Å².